The highest BCUT2D eigenvalue weighted by molar-refractivity contribution is 5.94. The number of carbonyl (C=O) groups is 1. The van der Waals surface area contributed by atoms with Gasteiger partial charge in [0.25, 0.3) is 0 Å². The molecule has 0 bridgehead atoms. The van der Waals surface area contributed by atoms with Crippen LogP contribution in [0.3, 0.4) is 0 Å². The topological polar surface area (TPSA) is 72.2 Å². The van der Waals surface area contributed by atoms with Gasteiger partial charge in [0.05, 0.1) is 5.52 Å². The lowest BCUT2D eigenvalue weighted by molar-refractivity contribution is 0.0695. The van der Waals surface area contributed by atoms with Gasteiger partial charge in [-0.3, -0.25) is 9.78 Å². The van der Waals surface area contributed by atoms with E-state index in [1.807, 2.05) is 13.0 Å². The number of pyridine rings is 2. The number of fused-ring (bicyclic) bond motifs is 1. The molecular weight excluding hydrogens is 323 g/mol. The van der Waals surface area contributed by atoms with Crippen LogP contribution in [0.2, 0.25) is 0 Å². The van der Waals surface area contributed by atoms with Gasteiger partial charge in [0.2, 0.25) is 5.43 Å². The Morgan fingerprint density at radius 2 is 2.04 bits per heavy atom. The molecule has 25 heavy (non-hydrogen) atoms. The van der Waals surface area contributed by atoms with Crippen molar-refractivity contribution in [2.45, 2.75) is 25.8 Å². The number of aromatic nitrogens is 2. The Bertz CT molecular complexity index is 1080. The summed E-state index contributed by atoms with van der Waals surface area (Å²) in [5, 5.41) is 9.36. The van der Waals surface area contributed by atoms with Crippen LogP contribution in [-0.2, 0) is 0 Å². The molecule has 1 aliphatic carbocycles. The van der Waals surface area contributed by atoms with Crippen molar-refractivity contribution in [1.29, 1.82) is 0 Å². The van der Waals surface area contributed by atoms with Gasteiger partial charge in [-0.2, -0.15) is 0 Å². The number of hydrogen-bond acceptors (Lipinski definition) is 3. The summed E-state index contributed by atoms with van der Waals surface area (Å²) < 4.78 is 16.5. The second kappa shape index (κ2) is 5.51. The molecule has 1 aromatic carbocycles. The monoisotopic (exact) mass is 338 g/mol. The maximum atomic E-state index is 14.7. The lowest BCUT2D eigenvalue weighted by atomic mass is 10.0. The quantitative estimate of drug-likeness (QED) is 0.793. The van der Waals surface area contributed by atoms with Crippen LogP contribution in [-0.4, -0.2) is 20.6 Å². The molecule has 0 spiro atoms. The van der Waals surface area contributed by atoms with E-state index >= 15 is 0 Å². The van der Waals surface area contributed by atoms with Crippen LogP contribution in [0, 0.1) is 12.7 Å². The fourth-order valence-electron chi connectivity index (χ4n) is 3.10. The minimum atomic E-state index is -1.30. The molecule has 0 aliphatic heterocycles. The molecule has 1 aliphatic rings. The zero-order chi connectivity index (χ0) is 17.7. The smallest absolute Gasteiger partial charge is 0.341 e. The first kappa shape index (κ1) is 15.5. The number of benzene rings is 1. The second-order valence-corrected chi connectivity index (χ2v) is 6.42. The van der Waals surface area contributed by atoms with E-state index in [4.69, 9.17) is 0 Å². The Labute approximate surface area is 142 Å². The van der Waals surface area contributed by atoms with E-state index in [2.05, 4.69) is 4.98 Å². The molecule has 4 rings (SSSR count). The molecular formula is C19H15FN2O3. The summed E-state index contributed by atoms with van der Waals surface area (Å²) in [4.78, 5) is 27.9. The molecule has 0 amide bonds. The minimum absolute atomic E-state index is 0.0914. The summed E-state index contributed by atoms with van der Waals surface area (Å²) in [7, 11) is 0. The van der Waals surface area contributed by atoms with E-state index in [-0.39, 0.29) is 17.0 Å². The molecule has 2 heterocycles. The average Bonchev–Trinajstić information content (AvgIpc) is 3.39. The van der Waals surface area contributed by atoms with E-state index in [0.717, 1.165) is 24.5 Å². The first-order valence-electron chi connectivity index (χ1n) is 7.99. The molecule has 1 fully saturated rings. The normalized spacial score (nSPS) is 14.0. The Kier molecular flexibility index (Phi) is 3.42. The fourth-order valence-corrected chi connectivity index (χ4v) is 3.10. The van der Waals surface area contributed by atoms with Crippen molar-refractivity contribution in [3.63, 3.8) is 0 Å². The number of rotatable bonds is 3. The predicted octanol–water partition coefficient (Wildman–Crippen LogP) is 3.54. The Hall–Kier alpha value is -3.02. The second-order valence-electron chi connectivity index (χ2n) is 6.42. The summed E-state index contributed by atoms with van der Waals surface area (Å²) >= 11 is 0. The predicted molar refractivity (Wildman–Crippen MR) is 91.4 cm³/mol. The van der Waals surface area contributed by atoms with Crippen LogP contribution in [0.1, 0.15) is 34.8 Å². The Balaban J connectivity index is 2.05. The van der Waals surface area contributed by atoms with Crippen LogP contribution in [0.4, 0.5) is 4.39 Å². The number of carboxylic acids is 1. The molecule has 0 saturated heterocycles. The summed E-state index contributed by atoms with van der Waals surface area (Å²) in [5.41, 5.74) is 1.43. The maximum absolute atomic E-state index is 14.7. The van der Waals surface area contributed by atoms with Gasteiger partial charge >= 0.3 is 5.97 Å². The molecule has 1 N–H and O–H groups in total. The number of carboxylic acid groups (broad SMARTS) is 1. The van der Waals surface area contributed by atoms with E-state index < -0.39 is 17.2 Å². The number of aryl methyl sites for hydroxylation is 1. The fraction of sp³-hybridized carbons (Fsp3) is 0.211. The van der Waals surface area contributed by atoms with Gasteiger partial charge in [0, 0.05) is 41.1 Å². The molecule has 0 unspecified atom stereocenters. The van der Waals surface area contributed by atoms with Gasteiger partial charge in [-0.15, -0.1) is 0 Å². The molecule has 2 aromatic heterocycles. The lowest BCUT2D eigenvalue weighted by Gasteiger charge is -2.13. The van der Waals surface area contributed by atoms with E-state index in [1.54, 1.807) is 23.0 Å². The third kappa shape index (κ3) is 2.59. The number of aromatic carboxylic acids is 1. The largest absolute Gasteiger partial charge is 0.477 e. The SMILES string of the molecule is Cc1cncc(-c2cc3c(cc2F)c(=O)c(C(=O)O)cn3C2CC2)c1. The van der Waals surface area contributed by atoms with E-state index in [9.17, 15) is 19.1 Å². The van der Waals surface area contributed by atoms with Crippen LogP contribution in [0.25, 0.3) is 22.0 Å². The molecule has 3 aromatic rings. The maximum Gasteiger partial charge on any atom is 0.341 e. The first-order chi connectivity index (χ1) is 12.0. The third-order valence-corrected chi connectivity index (χ3v) is 4.48. The highest BCUT2D eigenvalue weighted by Gasteiger charge is 2.27. The Morgan fingerprint density at radius 1 is 1.28 bits per heavy atom. The number of hydrogen-bond donors (Lipinski definition) is 1. The van der Waals surface area contributed by atoms with Crippen molar-refractivity contribution in [2.24, 2.45) is 0 Å². The van der Waals surface area contributed by atoms with Gasteiger partial charge in [0.15, 0.2) is 0 Å². The van der Waals surface area contributed by atoms with Crippen molar-refractivity contribution in [2.75, 3.05) is 0 Å². The zero-order valence-electron chi connectivity index (χ0n) is 13.5. The first-order valence-corrected chi connectivity index (χ1v) is 7.99. The molecule has 0 radical (unpaired) electrons. The number of halogens is 1. The highest BCUT2D eigenvalue weighted by atomic mass is 19.1. The lowest BCUT2D eigenvalue weighted by Crippen LogP contribution is -2.19. The van der Waals surface area contributed by atoms with Crippen molar-refractivity contribution in [3.05, 3.63) is 64.0 Å². The van der Waals surface area contributed by atoms with Crippen LogP contribution in [0.15, 0.2) is 41.6 Å². The van der Waals surface area contributed by atoms with Crippen molar-refractivity contribution >= 4 is 16.9 Å². The average molecular weight is 338 g/mol. The van der Waals surface area contributed by atoms with Gasteiger partial charge in [0.1, 0.15) is 11.4 Å². The van der Waals surface area contributed by atoms with Gasteiger partial charge in [-0.25, -0.2) is 9.18 Å². The molecule has 5 nitrogen and oxygen atoms in total. The van der Waals surface area contributed by atoms with Crippen LogP contribution < -0.4 is 5.43 Å². The van der Waals surface area contributed by atoms with Gasteiger partial charge in [-0.1, -0.05) is 0 Å². The molecule has 6 heteroatoms. The summed E-state index contributed by atoms with van der Waals surface area (Å²) in [6.45, 7) is 1.87. The van der Waals surface area contributed by atoms with E-state index in [0.29, 0.717) is 16.6 Å². The molecule has 0 atom stereocenters. The van der Waals surface area contributed by atoms with Crippen molar-refractivity contribution in [1.82, 2.24) is 9.55 Å². The molecule has 126 valence electrons. The van der Waals surface area contributed by atoms with Crippen molar-refractivity contribution < 1.29 is 14.3 Å². The van der Waals surface area contributed by atoms with Gasteiger partial charge in [-0.05, 0) is 43.5 Å². The number of nitrogens with zero attached hydrogens (tertiary/aromatic N) is 2. The minimum Gasteiger partial charge on any atom is -0.477 e. The van der Waals surface area contributed by atoms with Crippen LogP contribution in [0.5, 0.6) is 0 Å². The summed E-state index contributed by atoms with van der Waals surface area (Å²) in [6, 6.07) is 4.73. The highest BCUT2D eigenvalue weighted by Crippen LogP contribution is 2.38. The van der Waals surface area contributed by atoms with E-state index in [1.165, 1.54) is 6.20 Å². The molecule has 1 saturated carbocycles. The Morgan fingerprint density at radius 3 is 2.68 bits per heavy atom. The third-order valence-electron chi connectivity index (χ3n) is 4.48. The van der Waals surface area contributed by atoms with Gasteiger partial charge < -0.3 is 9.67 Å². The summed E-state index contributed by atoms with van der Waals surface area (Å²) in [6.07, 6.45) is 6.45. The van der Waals surface area contributed by atoms with Crippen molar-refractivity contribution in [3.8, 4) is 11.1 Å². The standard InChI is InChI=1S/C19H15FN2O3/c1-10-4-11(8-21-7-10)13-6-17-14(5-16(13)20)18(23)15(19(24)25)9-22(17)12-2-3-12/h4-9,12H,2-3H2,1H3,(H,24,25). The van der Waals surface area contributed by atoms with Crippen LogP contribution >= 0.6 is 0 Å². The summed E-state index contributed by atoms with van der Waals surface area (Å²) in [5.74, 6) is -1.87. The zero-order valence-corrected chi connectivity index (χ0v) is 13.5.